The summed E-state index contributed by atoms with van der Waals surface area (Å²) in [5.41, 5.74) is 1.20. The first-order chi connectivity index (χ1) is 15.3. The fourth-order valence-electron chi connectivity index (χ4n) is 3.43. The molecule has 0 radical (unpaired) electrons. The molecule has 1 aromatic carbocycles. The van der Waals surface area contributed by atoms with Crippen LogP contribution in [0.25, 0.3) is 0 Å². The van der Waals surface area contributed by atoms with Crippen LogP contribution in [0.3, 0.4) is 0 Å². The second-order valence-electron chi connectivity index (χ2n) is 7.64. The summed E-state index contributed by atoms with van der Waals surface area (Å²) in [5, 5.41) is 6.87. The number of hydrogen-bond acceptors (Lipinski definition) is 5. The van der Waals surface area contributed by atoms with Crippen LogP contribution < -0.4 is 10.6 Å². The third kappa shape index (κ3) is 9.12. The van der Waals surface area contributed by atoms with Crippen LogP contribution in [0, 0.1) is 0 Å². The zero-order valence-electron chi connectivity index (χ0n) is 18.6. The van der Waals surface area contributed by atoms with Gasteiger partial charge >= 0.3 is 0 Å². The van der Waals surface area contributed by atoms with Crippen LogP contribution in [0.15, 0.2) is 58.1 Å². The Bertz CT molecular complexity index is 731. The number of morpholine rings is 1. The molecule has 2 aromatic rings. The predicted octanol–water partition coefficient (Wildman–Crippen LogP) is 2.86. The summed E-state index contributed by atoms with van der Waals surface area (Å²) < 4.78 is 16.8. The minimum absolute atomic E-state index is 0.0997. The maximum absolute atomic E-state index is 5.96. The van der Waals surface area contributed by atoms with Gasteiger partial charge in [-0.15, -0.1) is 0 Å². The predicted molar refractivity (Wildman–Crippen MR) is 123 cm³/mol. The molecule has 1 aliphatic heterocycles. The van der Waals surface area contributed by atoms with E-state index in [4.69, 9.17) is 18.9 Å². The van der Waals surface area contributed by atoms with Gasteiger partial charge in [-0.05, 0) is 31.0 Å². The lowest BCUT2D eigenvalue weighted by Crippen LogP contribution is -2.44. The van der Waals surface area contributed by atoms with Crippen molar-refractivity contribution in [2.45, 2.75) is 25.9 Å². The Labute approximate surface area is 185 Å². The van der Waals surface area contributed by atoms with Gasteiger partial charge in [0.2, 0.25) is 0 Å². The highest BCUT2D eigenvalue weighted by molar-refractivity contribution is 5.79. The Morgan fingerprint density at radius 2 is 1.90 bits per heavy atom. The van der Waals surface area contributed by atoms with Gasteiger partial charge in [0, 0.05) is 52.3 Å². The van der Waals surface area contributed by atoms with Crippen molar-refractivity contribution in [1.82, 2.24) is 15.5 Å². The first-order valence-electron chi connectivity index (χ1n) is 11.3. The monoisotopic (exact) mass is 428 g/mol. The van der Waals surface area contributed by atoms with Gasteiger partial charge in [-0.1, -0.05) is 30.3 Å². The second-order valence-corrected chi connectivity index (χ2v) is 7.64. The number of guanidine groups is 1. The van der Waals surface area contributed by atoms with E-state index in [9.17, 15) is 0 Å². The molecule has 2 heterocycles. The summed E-state index contributed by atoms with van der Waals surface area (Å²) >= 11 is 0. The zero-order chi connectivity index (χ0) is 21.6. The largest absolute Gasteiger partial charge is 0.469 e. The Morgan fingerprint density at radius 1 is 1.10 bits per heavy atom. The van der Waals surface area contributed by atoms with E-state index in [0.29, 0.717) is 6.61 Å². The molecule has 1 aliphatic rings. The molecule has 0 bridgehead atoms. The summed E-state index contributed by atoms with van der Waals surface area (Å²) in [7, 11) is 0. The normalized spacial score (nSPS) is 16.2. The van der Waals surface area contributed by atoms with Gasteiger partial charge < -0.3 is 24.5 Å². The smallest absolute Gasteiger partial charge is 0.191 e. The summed E-state index contributed by atoms with van der Waals surface area (Å²) in [6, 6.07) is 14.2. The fourth-order valence-corrected chi connectivity index (χ4v) is 3.43. The van der Waals surface area contributed by atoms with Gasteiger partial charge in [-0.2, -0.15) is 0 Å². The number of furan rings is 1. The van der Waals surface area contributed by atoms with E-state index in [1.54, 1.807) is 6.26 Å². The molecule has 7 nitrogen and oxygen atoms in total. The summed E-state index contributed by atoms with van der Waals surface area (Å²) in [5.74, 6) is 1.82. The molecule has 0 aliphatic carbocycles. The van der Waals surface area contributed by atoms with E-state index < -0.39 is 0 Å². The van der Waals surface area contributed by atoms with Crippen LogP contribution >= 0.6 is 0 Å². The number of benzene rings is 1. The van der Waals surface area contributed by atoms with E-state index in [0.717, 1.165) is 77.0 Å². The molecule has 1 atom stereocenters. The van der Waals surface area contributed by atoms with Crippen LogP contribution in [0.5, 0.6) is 0 Å². The Hall–Kier alpha value is -2.35. The van der Waals surface area contributed by atoms with Crippen molar-refractivity contribution < 1.29 is 13.9 Å². The van der Waals surface area contributed by atoms with Crippen LogP contribution in [0.1, 0.15) is 30.8 Å². The van der Waals surface area contributed by atoms with Crippen LogP contribution in [0.4, 0.5) is 0 Å². The molecule has 31 heavy (non-hydrogen) atoms. The molecule has 1 saturated heterocycles. The van der Waals surface area contributed by atoms with Crippen molar-refractivity contribution in [1.29, 1.82) is 0 Å². The summed E-state index contributed by atoms with van der Waals surface area (Å²) in [6.45, 7) is 9.75. The maximum atomic E-state index is 5.96. The highest BCUT2D eigenvalue weighted by atomic mass is 16.5. The molecule has 1 fully saturated rings. The highest BCUT2D eigenvalue weighted by Crippen LogP contribution is 2.15. The van der Waals surface area contributed by atoms with Crippen molar-refractivity contribution in [2.75, 3.05) is 59.1 Å². The van der Waals surface area contributed by atoms with Crippen molar-refractivity contribution in [3.05, 3.63) is 60.1 Å². The van der Waals surface area contributed by atoms with Crippen molar-refractivity contribution in [3.8, 4) is 0 Å². The first-order valence-corrected chi connectivity index (χ1v) is 11.3. The van der Waals surface area contributed by atoms with E-state index in [2.05, 4.69) is 34.6 Å². The fraction of sp³-hybridized carbons (Fsp3) is 0.542. The number of rotatable bonds is 12. The third-order valence-corrected chi connectivity index (χ3v) is 5.28. The second kappa shape index (κ2) is 13.9. The molecule has 7 heteroatoms. The lowest BCUT2D eigenvalue weighted by molar-refractivity contribution is 0.0389. The molecular formula is C24H36N4O3. The Kier molecular flexibility index (Phi) is 10.4. The zero-order valence-corrected chi connectivity index (χ0v) is 18.6. The first kappa shape index (κ1) is 23.3. The van der Waals surface area contributed by atoms with E-state index in [1.165, 1.54) is 5.56 Å². The quantitative estimate of drug-likeness (QED) is 0.308. The standard InChI is InChI=1S/C24H36N4O3/c1-21(22-7-3-2-4-8-22)30-18-6-11-25-24(26-12-10-23-9-5-17-31-23)27-13-14-28-15-19-29-20-16-28/h2-5,7-9,17,21H,6,10-16,18-20H2,1H3,(H2,25,26,27). The van der Waals surface area contributed by atoms with Crippen LogP contribution in [-0.4, -0.2) is 69.9 Å². The molecule has 0 spiro atoms. The van der Waals surface area contributed by atoms with Crippen LogP contribution in [0.2, 0.25) is 0 Å². The molecule has 1 unspecified atom stereocenters. The maximum Gasteiger partial charge on any atom is 0.191 e. The summed E-state index contributed by atoms with van der Waals surface area (Å²) in [4.78, 5) is 7.15. The average molecular weight is 429 g/mol. The van der Waals surface area contributed by atoms with Gasteiger partial charge in [-0.25, -0.2) is 0 Å². The molecular weight excluding hydrogens is 392 g/mol. The third-order valence-electron chi connectivity index (χ3n) is 5.28. The van der Waals surface area contributed by atoms with E-state index in [1.807, 2.05) is 30.3 Å². The number of nitrogens with one attached hydrogen (secondary N) is 2. The number of aliphatic imine (C=N–C) groups is 1. The van der Waals surface area contributed by atoms with E-state index in [-0.39, 0.29) is 6.10 Å². The lowest BCUT2D eigenvalue weighted by atomic mass is 10.1. The molecule has 0 saturated carbocycles. The average Bonchev–Trinajstić information content (AvgIpc) is 3.33. The lowest BCUT2D eigenvalue weighted by Gasteiger charge is -2.26. The molecule has 3 rings (SSSR count). The topological polar surface area (TPSA) is 71.3 Å². The molecule has 2 N–H and O–H groups in total. The number of hydrogen-bond donors (Lipinski definition) is 2. The van der Waals surface area contributed by atoms with Gasteiger partial charge in [0.15, 0.2) is 5.96 Å². The van der Waals surface area contributed by atoms with Crippen LogP contribution in [-0.2, 0) is 15.9 Å². The SMILES string of the molecule is CC(OCCCN=C(NCCc1ccco1)NCCN1CCOCC1)c1ccccc1. The van der Waals surface area contributed by atoms with Gasteiger partial charge in [0.05, 0.1) is 25.6 Å². The minimum atomic E-state index is 0.0997. The minimum Gasteiger partial charge on any atom is -0.469 e. The molecule has 0 amide bonds. The van der Waals surface area contributed by atoms with Crippen molar-refractivity contribution >= 4 is 5.96 Å². The van der Waals surface area contributed by atoms with Gasteiger partial charge in [0.1, 0.15) is 5.76 Å². The molecule has 1 aromatic heterocycles. The summed E-state index contributed by atoms with van der Waals surface area (Å²) in [6.07, 6.45) is 3.52. The number of ether oxygens (including phenoxy) is 2. The number of nitrogens with zero attached hydrogens (tertiary/aromatic N) is 2. The van der Waals surface area contributed by atoms with Crippen molar-refractivity contribution in [3.63, 3.8) is 0 Å². The van der Waals surface area contributed by atoms with E-state index >= 15 is 0 Å². The van der Waals surface area contributed by atoms with Gasteiger partial charge in [0.25, 0.3) is 0 Å². The van der Waals surface area contributed by atoms with Crippen molar-refractivity contribution in [2.24, 2.45) is 4.99 Å². The molecule has 170 valence electrons. The van der Waals surface area contributed by atoms with Gasteiger partial charge in [-0.3, -0.25) is 9.89 Å². The Balaban J connectivity index is 1.38. The Morgan fingerprint density at radius 3 is 2.68 bits per heavy atom. The highest BCUT2D eigenvalue weighted by Gasteiger charge is 2.10.